The number of carbonyl (C=O) groups excluding carboxylic acids is 2. The van der Waals surface area contributed by atoms with Crippen LogP contribution in [0.3, 0.4) is 0 Å². The first-order chi connectivity index (χ1) is 25.4. The summed E-state index contributed by atoms with van der Waals surface area (Å²) in [6.45, 7) is 8.21. The molecule has 12 heteroatoms. The summed E-state index contributed by atoms with van der Waals surface area (Å²) in [7, 11) is 2.07. The molecular formula is C40H39N9O3. The molecule has 2 aliphatic carbocycles. The van der Waals surface area contributed by atoms with Gasteiger partial charge in [-0.3, -0.25) is 9.69 Å². The molecule has 2 saturated carbocycles. The van der Waals surface area contributed by atoms with Crippen molar-refractivity contribution < 1.29 is 14.3 Å². The molecule has 3 fully saturated rings. The van der Waals surface area contributed by atoms with E-state index in [2.05, 4.69) is 65.9 Å². The molecule has 8 rings (SSSR count). The number of anilines is 5. The number of hydrogen-bond donors (Lipinski definition) is 4. The maximum absolute atomic E-state index is 13.2. The zero-order valence-corrected chi connectivity index (χ0v) is 28.8. The van der Waals surface area contributed by atoms with E-state index < -0.39 is 6.03 Å². The summed E-state index contributed by atoms with van der Waals surface area (Å²) in [5.41, 5.74) is 5.20. The molecule has 3 heterocycles. The van der Waals surface area contributed by atoms with Gasteiger partial charge in [-0.1, -0.05) is 36.4 Å². The van der Waals surface area contributed by atoms with Crippen LogP contribution in [0, 0.1) is 6.57 Å². The van der Waals surface area contributed by atoms with Crippen molar-refractivity contribution in [1.82, 2.24) is 19.4 Å². The van der Waals surface area contributed by atoms with E-state index in [1.807, 2.05) is 36.4 Å². The number of benzene rings is 3. The minimum absolute atomic E-state index is 0.149. The van der Waals surface area contributed by atoms with E-state index in [0.29, 0.717) is 51.9 Å². The first kappa shape index (κ1) is 33.0. The molecule has 1 saturated heterocycles. The number of rotatable bonds is 11. The standard InChI is InChI=1S/C40H39N9O3/c1-41-25-9-11-26(12-10-25)44-40(51)46-34-23-42-39(47-38(34)32-24-49(29-14-15-29)35-8-4-3-7-31(32)35)43-27-13-19-36(52-30-17-18-30)33(22-27)45-37(50)20-16-28-6-5-21-48(28)2/h3-4,7-13,16,19-20,22-24,28-30H,5-6,14-15,17-18,21H2,2H3,(H,45,50)(H,42,43,47)(H2,44,46,51)/b20-16+. The molecule has 1 aliphatic heterocycles. The average molecular weight is 694 g/mol. The number of carbonyl (C=O) groups is 2. The third-order valence-electron chi connectivity index (χ3n) is 9.59. The van der Waals surface area contributed by atoms with E-state index in [1.54, 1.807) is 36.5 Å². The third-order valence-corrected chi connectivity index (χ3v) is 9.59. The fourth-order valence-electron chi connectivity index (χ4n) is 6.55. The number of ether oxygens (including phenoxy) is 1. The molecule has 0 bridgehead atoms. The second-order valence-corrected chi connectivity index (χ2v) is 13.6. The Labute approximate surface area is 301 Å². The summed E-state index contributed by atoms with van der Waals surface area (Å²) in [6.07, 6.45) is 13.8. The number of nitrogens with one attached hydrogen (secondary N) is 4. The molecule has 2 aromatic heterocycles. The minimum atomic E-state index is -0.465. The Balaban J connectivity index is 1.09. The van der Waals surface area contributed by atoms with Crippen molar-refractivity contribution in [3.63, 3.8) is 0 Å². The Morgan fingerprint density at radius 3 is 2.50 bits per heavy atom. The smallest absolute Gasteiger partial charge is 0.323 e. The molecule has 3 aliphatic rings. The van der Waals surface area contributed by atoms with Crippen LogP contribution in [0.4, 0.5) is 39.2 Å². The van der Waals surface area contributed by atoms with Gasteiger partial charge in [-0.2, -0.15) is 0 Å². The zero-order valence-electron chi connectivity index (χ0n) is 28.8. The Bertz CT molecular complexity index is 2210. The van der Waals surface area contributed by atoms with Crippen LogP contribution < -0.4 is 26.0 Å². The second-order valence-electron chi connectivity index (χ2n) is 13.6. The Morgan fingerprint density at radius 1 is 0.942 bits per heavy atom. The zero-order chi connectivity index (χ0) is 35.6. The summed E-state index contributed by atoms with van der Waals surface area (Å²) in [5, 5.41) is 13.1. The first-order valence-electron chi connectivity index (χ1n) is 17.7. The largest absolute Gasteiger partial charge is 0.488 e. The van der Waals surface area contributed by atoms with E-state index in [-0.39, 0.29) is 18.1 Å². The fourth-order valence-corrected chi connectivity index (χ4v) is 6.55. The lowest BCUT2D eigenvalue weighted by molar-refractivity contribution is -0.112. The summed E-state index contributed by atoms with van der Waals surface area (Å²) < 4.78 is 8.43. The highest BCUT2D eigenvalue weighted by Crippen LogP contribution is 2.42. The van der Waals surface area contributed by atoms with Gasteiger partial charge in [0.1, 0.15) is 11.4 Å². The number of likely N-dealkylation sites (N-methyl/N-ethyl adjacent to an activating group) is 1. The number of urea groups is 1. The van der Waals surface area contributed by atoms with E-state index in [0.717, 1.165) is 61.5 Å². The predicted octanol–water partition coefficient (Wildman–Crippen LogP) is 8.50. The number of fused-ring (bicyclic) bond motifs is 1. The first-order valence-corrected chi connectivity index (χ1v) is 17.7. The Hall–Kier alpha value is -6.19. The van der Waals surface area contributed by atoms with Gasteiger partial charge in [0.05, 0.1) is 30.2 Å². The van der Waals surface area contributed by atoms with Gasteiger partial charge >= 0.3 is 6.03 Å². The van der Waals surface area contributed by atoms with Crippen LogP contribution in [-0.2, 0) is 4.79 Å². The highest BCUT2D eigenvalue weighted by molar-refractivity contribution is 6.05. The van der Waals surface area contributed by atoms with Crippen LogP contribution in [0.25, 0.3) is 27.0 Å². The molecule has 1 unspecified atom stereocenters. The third kappa shape index (κ3) is 7.45. The Morgan fingerprint density at radius 2 is 1.75 bits per heavy atom. The maximum Gasteiger partial charge on any atom is 0.323 e. The molecule has 3 amide bonds. The van der Waals surface area contributed by atoms with Crippen LogP contribution in [0.1, 0.15) is 44.6 Å². The van der Waals surface area contributed by atoms with Crippen molar-refractivity contribution >= 4 is 57.2 Å². The van der Waals surface area contributed by atoms with Crippen LogP contribution in [-0.4, -0.2) is 57.1 Å². The Kier molecular flexibility index (Phi) is 9.01. The van der Waals surface area contributed by atoms with Crippen molar-refractivity contribution in [1.29, 1.82) is 0 Å². The van der Waals surface area contributed by atoms with Crippen LogP contribution >= 0.6 is 0 Å². The van der Waals surface area contributed by atoms with Crippen molar-refractivity contribution in [2.24, 2.45) is 0 Å². The van der Waals surface area contributed by atoms with Crippen molar-refractivity contribution in [2.75, 3.05) is 34.9 Å². The van der Waals surface area contributed by atoms with E-state index in [9.17, 15) is 9.59 Å². The molecule has 12 nitrogen and oxygen atoms in total. The van der Waals surface area contributed by atoms with Crippen molar-refractivity contribution in [2.45, 2.75) is 56.7 Å². The molecule has 4 N–H and O–H groups in total. The lowest BCUT2D eigenvalue weighted by atomic mass is 10.1. The predicted molar refractivity (Wildman–Crippen MR) is 203 cm³/mol. The molecule has 1 atom stereocenters. The molecule has 0 spiro atoms. The number of para-hydroxylation sites is 1. The summed E-state index contributed by atoms with van der Waals surface area (Å²) in [5.74, 6) is 0.701. The average Bonchev–Trinajstić information content (AvgIpc) is 4.09. The monoisotopic (exact) mass is 693 g/mol. The summed E-state index contributed by atoms with van der Waals surface area (Å²) >= 11 is 0. The number of likely N-dealkylation sites (tertiary alicyclic amines) is 1. The molecule has 52 heavy (non-hydrogen) atoms. The van der Waals surface area contributed by atoms with Crippen LogP contribution in [0.5, 0.6) is 5.75 Å². The van der Waals surface area contributed by atoms with Crippen molar-refractivity contribution in [3.8, 4) is 17.0 Å². The normalized spacial score (nSPS) is 17.2. The highest BCUT2D eigenvalue weighted by atomic mass is 16.5. The second kappa shape index (κ2) is 14.2. The van der Waals surface area contributed by atoms with Gasteiger partial charge in [0.25, 0.3) is 0 Å². The molecule has 3 aromatic carbocycles. The SMILES string of the molecule is [C-]#[N+]c1ccc(NC(=O)Nc2cnc(Nc3ccc(OC4CC4)c(NC(=O)/C=C/C4CCCN4C)c3)nc2-c2cn(C3CC3)c3ccccc23)cc1. The summed E-state index contributed by atoms with van der Waals surface area (Å²) in [6, 6.07) is 20.6. The number of nitrogens with zero attached hydrogens (tertiary/aromatic N) is 5. The number of hydrogen-bond acceptors (Lipinski definition) is 7. The summed E-state index contributed by atoms with van der Waals surface area (Å²) in [4.78, 5) is 41.5. The van der Waals surface area contributed by atoms with Crippen LogP contribution in [0.2, 0.25) is 0 Å². The van der Waals surface area contributed by atoms with Gasteiger partial charge in [0.2, 0.25) is 11.9 Å². The molecular weight excluding hydrogens is 654 g/mol. The van der Waals surface area contributed by atoms with E-state index in [4.69, 9.17) is 16.3 Å². The van der Waals surface area contributed by atoms with Gasteiger partial charge in [0.15, 0.2) is 5.69 Å². The van der Waals surface area contributed by atoms with E-state index >= 15 is 0 Å². The maximum atomic E-state index is 13.2. The minimum Gasteiger partial charge on any atom is -0.488 e. The number of amides is 3. The topological polar surface area (TPSA) is 130 Å². The van der Waals surface area contributed by atoms with E-state index in [1.165, 1.54) is 0 Å². The van der Waals surface area contributed by atoms with Gasteiger partial charge in [0, 0.05) is 52.2 Å². The molecule has 0 radical (unpaired) electrons. The number of aromatic nitrogens is 3. The van der Waals surface area contributed by atoms with Gasteiger partial charge in [-0.05, 0) is 88.5 Å². The van der Waals surface area contributed by atoms with Gasteiger partial charge in [-0.15, -0.1) is 0 Å². The fraction of sp³-hybridized carbons (Fsp3) is 0.275. The van der Waals surface area contributed by atoms with Crippen LogP contribution in [0.15, 0.2) is 91.3 Å². The van der Waals surface area contributed by atoms with Crippen molar-refractivity contribution in [3.05, 3.63) is 103 Å². The lowest BCUT2D eigenvalue weighted by Crippen LogP contribution is -2.23. The quantitative estimate of drug-likeness (QED) is 0.0806. The lowest BCUT2D eigenvalue weighted by Gasteiger charge is -2.16. The molecule has 262 valence electrons. The van der Waals surface area contributed by atoms with Gasteiger partial charge in [-0.25, -0.2) is 19.6 Å². The molecule has 5 aromatic rings. The highest BCUT2D eigenvalue weighted by Gasteiger charge is 2.28. The van der Waals surface area contributed by atoms with Gasteiger partial charge < -0.3 is 30.6 Å².